The number of aromatic hydroxyl groups is 2. The molecule has 0 aromatic heterocycles. The number of hydrogen-bond donors (Lipinski definition) is 4. The van der Waals surface area contributed by atoms with E-state index in [1.165, 1.54) is 25.2 Å². The average Bonchev–Trinajstić information content (AvgIpc) is 2.28. The van der Waals surface area contributed by atoms with Gasteiger partial charge in [0.15, 0.2) is 0 Å². The third-order valence-corrected chi connectivity index (χ3v) is 2.16. The summed E-state index contributed by atoms with van der Waals surface area (Å²) >= 11 is 0. The molecule has 17 heavy (non-hydrogen) atoms. The van der Waals surface area contributed by atoms with Gasteiger partial charge >= 0.3 is 0 Å². The minimum Gasteiger partial charge on any atom is -0.507 e. The molecule has 0 heterocycles. The summed E-state index contributed by atoms with van der Waals surface area (Å²) in [6.45, 7) is 0.131. The fourth-order valence-corrected chi connectivity index (χ4v) is 1.26. The standard InChI is InChI=1S/C11H14N2O4/c1-12-9(16)5-6-13-11(17)10-7(14)3-2-4-8(10)15/h2-4,14-15H,5-6H2,1H3,(H,12,16)(H,13,17). The number of hydrogen-bond acceptors (Lipinski definition) is 4. The zero-order chi connectivity index (χ0) is 12.8. The van der Waals surface area contributed by atoms with Crippen molar-refractivity contribution in [1.29, 1.82) is 0 Å². The van der Waals surface area contributed by atoms with Gasteiger partial charge in [-0.3, -0.25) is 9.59 Å². The van der Waals surface area contributed by atoms with Crippen LogP contribution in [0.5, 0.6) is 11.5 Å². The van der Waals surface area contributed by atoms with Crippen molar-refractivity contribution in [3.8, 4) is 11.5 Å². The smallest absolute Gasteiger partial charge is 0.258 e. The predicted molar refractivity (Wildman–Crippen MR) is 60.8 cm³/mol. The first-order valence-corrected chi connectivity index (χ1v) is 5.06. The molecule has 2 amide bonds. The molecule has 6 heteroatoms. The Balaban J connectivity index is 2.61. The maximum atomic E-state index is 11.6. The Labute approximate surface area is 98.3 Å². The minimum absolute atomic E-state index is 0.131. The highest BCUT2D eigenvalue weighted by Gasteiger charge is 2.15. The molecule has 1 rings (SSSR count). The van der Waals surface area contributed by atoms with E-state index < -0.39 is 5.91 Å². The van der Waals surface area contributed by atoms with Gasteiger partial charge in [-0.2, -0.15) is 0 Å². The number of rotatable bonds is 4. The molecule has 0 spiro atoms. The van der Waals surface area contributed by atoms with Crippen molar-refractivity contribution < 1.29 is 19.8 Å². The monoisotopic (exact) mass is 238 g/mol. The topological polar surface area (TPSA) is 98.7 Å². The Morgan fingerprint density at radius 1 is 1.24 bits per heavy atom. The lowest BCUT2D eigenvalue weighted by Crippen LogP contribution is -2.29. The molecule has 0 fully saturated rings. The van der Waals surface area contributed by atoms with Crippen LogP contribution in [0.15, 0.2) is 18.2 Å². The van der Waals surface area contributed by atoms with Crippen LogP contribution in [0.1, 0.15) is 16.8 Å². The molecule has 1 aromatic carbocycles. The van der Waals surface area contributed by atoms with Gasteiger partial charge in [-0.25, -0.2) is 0 Å². The average molecular weight is 238 g/mol. The SMILES string of the molecule is CNC(=O)CCNC(=O)c1c(O)cccc1O. The fraction of sp³-hybridized carbons (Fsp3) is 0.273. The zero-order valence-electron chi connectivity index (χ0n) is 9.36. The highest BCUT2D eigenvalue weighted by Crippen LogP contribution is 2.25. The van der Waals surface area contributed by atoms with Gasteiger partial charge in [-0.1, -0.05) is 6.07 Å². The van der Waals surface area contributed by atoms with E-state index in [4.69, 9.17) is 0 Å². The van der Waals surface area contributed by atoms with E-state index in [0.29, 0.717) is 0 Å². The van der Waals surface area contributed by atoms with Crippen molar-refractivity contribution in [2.75, 3.05) is 13.6 Å². The molecule has 92 valence electrons. The number of benzene rings is 1. The van der Waals surface area contributed by atoms with Gasteiger partial charge in [0.25, 0.3) is 5.91 Å². The Morgan fingerprint density at radius 2 is 1.82 bits per heavy atom. The molecule has 1 aromatic rings. The molecule has 0 saturated heterocycles. The van der Waals surface area contributed by atoms with Crippen molar-refractivity contribution in [1.82, 2.24) is 10.6 Å². The van der Waals surface area contributed by atoms with Crippen LogP contribution in [-0.4, -0.2) is 35.6 Å². The summed E-state index contributed by atoms with van der Waals surface area (Å²) in [6.07, 6.45) is 0.136. The molecule has 0 radical (unpaired) electrons. The summed E-state index contributed by atoms with van der Waals surface area (Å²) in [4.78, 5) is 22.5. The lowest BCUT2D eigenvalue weighted by atomic mass is 10.1. The van der Waals surface area contributed by atoms with Gasteiger partial charge in [0.2, 0.25) is 5.91 Å². The summed E-state index contributed by atoms with van der Waals surface area (Å²) in [5, 5.41) is 23.7. The summed E-state index contributed by atoms with van der Waals surface area (Å²) in [5.41, 5.74) is -0.190. The van der Waals surface area contributed by atoms with Gasteiger partial charge in [0.05, 0.1) is 0 Å². The largest absolute Gasteiger partial charge is 0.507 e. The highest BCUT2D eigenvalue weighted by atomic mass is 16.3. The van der Waals surface area contributed by atoms with E-state index in [1.807, 2.05) is 0 Å². The lowest BCUT2D eigenvalue weighted by molar-refractivity contribution is -0.120. The molecule has 0 aliphatic rings. The van der Waals surface area contributed by atoms with E-state index in [-0.39, 0.29) is 35.9 Å². The summed E-state index contributed by atoms with van der Waals surface area (Å²) in [6, 6.07) is 4.02. The van der Waals surface area contributed by atoms with Crippen LogP contribution >= 0.6 is 0 Å². The number of carbonyl (C=O) groups excluding carboxylic acids is 2. The predicted octanol–water partition coefficient (Wildman–Crippen LogP) is -0.0363. The Kier molecular flexibility index (Phi) is 4.33. The molecule has 0 aliphatic carbocycles. The maximum Gasteiger partial charge on any atom is 0.258 e. The molecule has 0 saturated carbocycles. The second kappa shape index (κ2) is 5.74. The molecule has 0 aliphatic heterocycles. The maximum absolute atomic E-state index is 11.6. The van der Waals surface area contributed by atoms with Crippen LogP contribution in [-0.2, 0) is 4.79 Å². The van der Waals surface area contributed by atoms with Crippen molar-refractivity contribution >= 4 is 11.8 Å². The zero-order valence-corrected chi connectivity index (χ0v) is 9.36. The van der Waals surface area contributed by atoms with Crippen molar-refractivity contribution in [2.45, 2.75) is 6.42 Å². The minimum atomic E-state index is -0.621. The number of carbonyl (C=O) groups is 2. The summed E-state index contributed by atoms with van der Waals surface area (Å²) in [5.74, 6) is -1.43. The third-order valence-electron chi connectivity index (χ3n) is 2.16. The van der Waals surface area contributed by atoms with Crippen molar-refractivity contribution in [2.24, 2.45) is 0 Å². The quantitative estimate of drug-likeness (QED) is 0.591. The summed E-state index contributed by atoms with van der Waals surface area (Å²) < 4.78 is 0. The number of nitrogens with one attached hydrogen (secondary N) is 2. The molecule has 0 bridgehead atoms. The van der Waals surface area contributed by atoms with Crippen LogP contribution in [0.3, 0.4) is 0 Å². The first-order valence-electron chi connectivity index (χ1n) is 5.06. The van der Waals surface area contributed by atoms with E-state index in [0.717, 1.165) is 0 Å². The van der Waals surface area contributed by atoms with Gasteiger partial charge < -0.3 is 20.8 Å². The second-order valence-electron chi connectivity index (χ2n) is 3.35. The van der Waals surface area contributed by atoms with E-state index in [1.54, 1.807) is 0 Å². The molecule has 4 N–H and O–H groups in total. The molecule has 0 atom stereocenters. The fourth-order valence-electron chi connectivity index (χ4n) is 1.26. The molecular weight excluding hydrogens is 224 g/mol. The van der Waals surface area contributed by atoms with E-state index in [9.17, 15) is 19.8 Å². The molecule has 6 nitrogen and oxygen atoms in total. The normalized spacial score (nSPS) is 9.71. The second-order valence-corrected chi connectivity index (χ2v) is 3.35. The van der Waals surface area contributed by atoms with Crippen molar-refractivity contribution in [3.05, 3.63) is 23.8 Å². The highest BCUT2D eigenvalue weighted by molar-refractivity contribution is 5.99. The van der Waals surface area contributed by atoms with Gasteiger partial charge in [0.1, 0.15) is 17.1 Å². The lowest BCUT2D eigenvalue weighted by Gasteiger charge is -2.07. The molecule has 0 unspecified atom stereocenters. The first-order chi connectivity index (χ1) is 8.06. The van der Waals surface area contributed by atoms with Crippen LogP contribution in [0, 0.1) is 0 Å². The number of amides is 2. The number of phenols is 2. The van der Waals surface area contributed by atoms with E-state index in [2.05, 4.69) is 10.6 Å². The summed E-state index contributed by atoms with van der Waals surface area (Å²) in [7, 11) is 1.50. The van der Waals surface area contributed by atoms with Gasteiger partial charge in [-0.15, -0.1) is 0 Å². The van der Waals surface area contributed by atoms with Crippen LogP contribution in [0.2, 0.25) is 0 Å². The van der Waals surface area contributed by atoms with Crippen molar-refractivity contribution in [3.63, 3.8) is 0 Å². The Morgan fingerprint density at radius 3 is 2.35 bits per heavy atom. The van der Waals surface area contributed by atoms with E-state index >= 15 is 0 Å². The van der Waals surface area contributed by atoms with Gasteiger partial charge in [0, 0.05) is 20.0 Å². The van der Waals surface area contributed by atoms with Crippen LogP contribution in [0.25, 0.3) is 0 Å². The first kappa shape index (κ1) is 12.8. The third kappa shape index (κ3) is 3.37. The number of phenolic OH excluding ortho intramolecular Hbond substituents is 2. The molecular formula is C11H14N2O4. The Bertz CT molecular complexity index is 411. The van der Waals surface area contributed by atoms with Crippen LogP contribution < -0.4 is 10.6 Å². The van der Waals surface area contributed by atoms with Gasteiger partial charge in [-0.05, 0) is 12.1 Å². The Hall–Kier alpha value is -2.24. The van der Waals surface area contributed by atoms with Crippen LogP contribution in [0.4, 0.5) is 0 Å².